The molecule has 2 heterocycles. The third-order valence-electron chi connectivity index (χ3n) is 4.25. The molecule has 0 aliphatic rings. The average Bonchev–Trinajstić information content (AvgIpc) is 2.92. The van der Waals surface area contributed by atoms with Gasteiger partial charge in [-0.25, -0.2) is 4.98 Å². The molecule has 22 heavy (non-hydrogen) atoms. The van der Waals surface area contributed by atoms with Gasteiger partial charge in [0.15, 0.2) is 0 Å². The molecule has 0 aliphatic carbocycles. The first-order valence-corrected chi connectivity index (χ1v) is 7.85. The van der Waals surface area contributed by atoms with Crippen LogP contribution in [-0.2, 0) is 6.54 Å². The van der Waals surface area contributed by atoms with E-state index in [0.29, 0.717) is 5.15 Å². The number of aryl methyl sites for hydroxylation is 2. The predicted molar refractivity (Wildman–Crippen MR) is 92.3 cm³/mol. The Hall–Kier alpha value is -1.84. The summed E-state index contributed by atoms with van der Waals surface area (Å²) in [5.41, 5.74) is 6.19. The Morgan fingerprint density at radius 1 is 1.23 bits per heavy atom. The molecular weight excluding hydrogens is 294 g/mol. The second-order valence-corrected chi connectivity index (χ2v) is 6.17. The normalized spacial score (nSPS) is 12.7. The zero-order valence-corrected chi connectivity index (χ0v) is 13.8. The molecule has 4 heteroatoms. The number of aromatic amines is 1. The fourth-order valence-corrected chi connectivity index (χ4v) is 2.86. The molecule has 0 radical (unpaired) electrons. The van der Waals surface area contributed by atoms with Gasteiger partial charge in [0.25, 0.3) is 0 Å². The lowest BCUT2D eigenvalue weighted by Crippen LogP contribution is -2.18. The summed E-state index contributed by atoms with van der Waals surface area (Å²) in [6.07, 6.45) is 1.74. The van der Waals surface area contributed by atoms with E-state index in [4.69, 9.17) is 11.6 Å². The molecule has 0 bridgehead atoms. The highest BCUT2D eigenvalue weighted by atomic mass is 35.5. The molecular formula is C18H20ClN3. The number of benzene rings is 1. The number of H-pyrrole nitrogens is 1. The second-order valence-electron chi connectivity index (χ2n) is 5.78. The van der Waals surface area contributed by atoms with Crippen LogP contribution in [0.4, 0.5) is 0 Å². The van der Waals surface area contributed by atoms with Crippen molar-refractivity contribution in [3.8, 4) is 0 Å². The molecule has 0 saturated carbocycles. The number of hydrogen-bond donors (Lipinski definition) is 2. The Bertz CT molecular complexity index is 807. The molecule has 114 valence electrons. The van der Waals surface area contributed by atoms with Crippen molar-refractivity contribution in [3.05, 3.63) is 64.1 Å². The van der Waals surface area contributed by atoms with Gasteiger partial charge in [0.2, 0.25) is 0 Å². The summed E-state index contributed by atoms with van der Waals surface area (Å²) in [6, 6.07) is 10.6. The van der Waals surface area contributed by atoms with Crippen LogP contribution in [0.1, 0.15) is 35.3 Å². The molecule has 0 saturated heterocycles. The lowest BCUT2D eigenvalue weighted by atomic mass is 10.1. The minimum absolute atomic E-state index is 0.217. The minimum atomic E-state index is 0.217. The predicted octanol–water partition coefficient (Wildman–Crippen LogP) is 4.68. The standard InChI is InChI=1S/C18H20ClN3/c1-11-4-5-17-16(12(11)2)9-15(22-17)10-21-13(3)14-6-7-20-18(19)8-14/h4-9,13,21-22H,10H2,1-3H3. The fourth-order valence-electron chi connectivity index (χ4n) is 2.68. The maximum Gasteiger partial charge on any atom is 0.129 e. The fraction of sp³-hybridized carbons (Fsp3) is 0.278. The number of nitrogens with one attached hydrogen (secondary N) is 2. The number of nitrogens with zero attached hydrogens (tertiary/aromatic N) is 1. The SMILES string of the molecule is Cc1ccc2[nH]c(CNC(C)c3ccnc(Cl)c3)cc2c1C. The first-order chi connectivity index (χ1) is 10.5. The van der Waals surface area contributed by atoms with Crippen molar-refractivity contribution in [2.24, 2.45) is 0 Å². The van der Waals surface area contributed by atoms with Crippen molar-refractivity contribution in [2.45, 2.75) is 33.4 Å². The molecule has 3 aromatic rings. The Labute approximate surface area is 135 Å². The zero-order chi connectivity index (χ0) is 15.7. The summed E-state index contributed by atoms with van der Waals surface area (Å²) in [5, 5.41) is 5.35. The van der Waals surface area contributed by atoms with E-state index in [2.05, 4.69) is 54.3 Å². The molecule has 1 aromatic carbocycles. The van der Waals surface area contributed by atoms with E-state index < -0.39 is 0 Å². The quantitative estimate of drug-likeness (QED) is 0.686. The molecule has 3 rings (SSSR count). The monoisotopic (exact) mass is 313 g/mol. The van der Waals surface area contributed by atoms with Crippen LogP contribution < -0.4 is 5.32 Å². The van der Waals surface area contributed by atoms with Gasteiger partial charge in [0.05, 0.1) is 0 Å². The molecule has 0 aliphatic heterocycles. The Morgan fingerprint density at radius 2 is 2.05 bits per heavy atom. The van der Waals surface area contributed by atoms with E-state index >= 15 is 0 Å². The van der Waals surface area contributed by atoms with Crippen LogP contribution in [0.5, 0.6) is 0 Å². The number of pyridine rings is 1. The third-order valence-corrected chi connectivity index (χ3v) is 4.46. The highest BCUT2D eigenvalue weighted by molar-refractivity contribution is 6.29. The highest BCUT2D eigenvalue weighted by Gasteiger charge is 2.08. The second kappa shape index (κ2) is 6.11. The van der Waals surface area contributed by atoms with Gasteiger partial charge in [-0.15, -0.1) is 0 Å². The lowest BCUT2D eigenvalue weighted by molar-refractivity contribution is 0.569. The maximum atomic E-state index is 5.95. The van der Waals surface area contributed by atoms with Gasteiger partial charge in [0.1, 0.15) is 5.15 Å². The van der Waals surface area contributed by atoms with Gasteiger partial charge >= 0.3 is 0 Å². The molecule has 0 fully saturated rings. The van der Waals surface area contributed by atoms with E-state index in [1.54, 1.807) is 6.20 Å². The average molecular weight is 314 g/mol. The minimum Gasteiger partial charge on any atom is -0.357 e. The van der Waals surface area contributed by atoms with Crippen LogP contribution in [0.15, 0.2) is 36.5 Å². The molecule has 0 spiro atoms. The molecule has 1 unspecified atom stereocenters. The lowest BCUT2D eigenvalue weighted by Gasteiger charge is -2.13. The van der Waals surface area contributed by atoms with Gasteiger partial charge in [-0.3, -0.25) is 0 Å². The highest BCUT2D eigenvalue weighted by Crippen LogP contribution is 2.23. The summed E-state index contributed by atoms with van der Waals surface area (Å²) < 4.78 is 0. The van der Waals surface area contributed by atoms with E-state index in [-0.39, 0.29) is 6.04 Å². The summed E-state index contributed by atoms with van der Waals surface area (Å²) in [7, 11) is 0. The molecule has 2 N–H and O–H groups in total. The van der Waals surface area contributed by atoms with Crippen molar-refractivity contribution < 1.29 is 0 Å². The first-order valence-electron chi connectivity index (χ1n) is 7.47. The van der Waals surface area contributed by atoms with Gasteiger partial charge in [-0.2, -0.15) is 0 Å². The van der Waals surface area contributed by atoms with Crippen molar-refractivity contribution in [3.63, 3.8) is 0 Å². The van der Waals surface area contributed by atoms with Crippen molar-refractivity contribution in [1.82, 2.24) is 15.3 Å². The zero-order valence-electron chi connectivity index (χ0n) is 13.1. The van der Waals surface area contributed by atoms with E-state index in [0.717, 1.165) is 12.1 Å². The first kappa shape index (κ1) is 15.1. The van der Waals surface area contributed by atoms with E-state index in [1.807, 2.05) is 12.1 Å². The van der Waals surface area contributed by atoms with Gasteiger partial charge in [0, 0.05) is 35.4 Å². The largest absolute Gasteiger partial charge is 0.357 e. The van der Waals surface area contributed by atoms with Crippen molar-refractivity contribution in [2.75, 3.05) is 0 Å². The molecule has 3 nitrogen and oxygen atoms in total. The molecule has 0 amide bonds. The molecule has 1 atom stereocenters. The van der Waals surface area contributed by atoms with Gasteiger partial charge in [-0.05, 0) is 61.7 Å². The maximum absolute atomic E-state index is 5.95. The number of aromatic nitrogens is 2. The van der Waals surface area contributed by atoms with E-state index in [9.17, 15) is 0 Å². The van der Waals surface area contributed by atoms with Crippen LogP contribution in [0.25, 0.3) is 10.9 Å². The summed E-state index contributed by atoms with van der Waals surface area (Å²) in [4.78, 5) is 7.50. The van der Waals surface area contributed by atoms with Gasteiger partial charge in [-0.1, -0.05) is 17.7 Å². The van der Waals surface area contributed by atoms with Crippen LogP contribution in [-0.4, -0.2) is 9.97 Å². The molecule has 2 aromatic heterocycles. The van der Waals surface area contributed by atoms with Crippen molar-refractivity contribution >= 4 is 22.5 Å². The van der Waals surface area contributed by atoms with Gasteiger partial charge < -0.3 is 10.3 Å². The van der Waals surface area contributed by atoms with Crippen LogP contribution in [0, 0.1) is 13.8 Å². The summed E-state index contributed by atoms with van der Waals surface area (Å²) in [5.74, 6) is 0. The van der Waals surface area contributed by atoms with E-state index in [1.165, 1.54) is 27.7 Å². The Kier molecular flexibility index (Phi) is 4.19. The van der Waals surface area contributed by atoms with Crippen molar-refractivity contribution in [1.29, 1.82) is 0 Å². The Morgan fingerprint density at radius 3 is 2.82 bits per heavy atom. The summed E-state index contributed by atoms with van der Waals surface area (Å²) in [6.45, 7) is 7.23. The Balaban J connectivity index is 1.75. The summed E-state index contributed by atoms with van der Waals surface area (Å²) >= 11 is 5.95. The number of rotatable bonds is 4. The number of fused-ring (bicyclic) bond motifs is 1. The third kappa shape index (κ3) is 3.01. The van der Waals surface area contributed by atoms with Crippen LogP contribution >= 0.6 is 11.6 Å². The van der Waals surface area contributed by atoms with Crippen LogP contribution in [0.2, 0.25) is 5.15 Å². The number of halogens is 1. The van der Waals surface area contributed by atoms with Crippen LogP contribution in [0.3, 0.4) is 0 Å². The topological polar surface area (TPSA) is 40.7 Å². The smallest absolute Gasteiger partial charge is 0.129 e. The number of hydrogen-bond acceptors (Lipinski definition) is 2.